The fourth-order valence-corrected chi connectivity index (χ4v) is 2.64. The van der Waals surface area contributed by atoms with Crippen LogP contribution in [-0.2, 0) is 6.42 Å². The molecule has 0 fully saturated rings. The molecule has 0 amide bonds. The van der Waals surface area contributed by atoms with Gasteiger partial charge in [-0.25, -0.2) is 0 Å². The lowest BCUT2D eigenvalue weighted by Crippen LogP contribution is -2.23. The van der Waals surface area contributed by atoms with Crippen LogP contribution in [0.25, 0.3) is 0 Å². The van der Waals surface area contributed by atoms with Crippen molar-refractivity contribution in [1.29, 1.82) is 0 Å². The normalized spacial score (nSPS) is 12.2. The van der Waals surface area contributed by atoms with Gasteiger partial charge >= 0.3 is 0 Å². The van der Waals surface area contributed by atoms with Crippen molar-refractivity contribution in [3.63, 3.8) is 0 Å². The molecule has 2 nitrogen and oxygen atoms in total. The predicted octanol–water partition coefficient (Wildman–Crippen LogP) is 4.15. The van der Waals surface area contributed by atoms with Crippen molar-refractivity contribution in [2.24, 2.45) is 5.73 Å². The van der Waals surface area contributed by atoms with Crippen LogP contribution in [0.2, 0.25) is 0 Å². The SMILES string of the molecule is CC(N)c1ccc(Br)cc1N(C)CCc1ccccc1. The monoisotopic (exact) mass is 332 g/mol. The number of hydrogen-bond donors (Lipinski definition) is 1. The first-order chi connectivity index (χ1) is 9.58. The summed E-state index contributed by atoms with van der Waals surface area (Å²) >= 11 is 3.54. The lowest BCUT2D eigenvalue weighted by molar-refractivity contribution is 0.796. The van der Waals surface area contributed by atoms with Crippen molar-refractivity contribution >= 4 is 21.6 Å². The molecule has 0 aliphatic rings. The van der Waals surface area contributed by atoms with Gasteiger partial charge in [-0.05, 0) is 36.6 Å². The average Bonchev–Trinajstić information content (AvgIpc) is 2.45. The molecule has 20 heavy (non-hydrogen) atoms. The summed E-state index contributed by atoms with van der Waals surface area (Å²) in [5, 5.41) is 0. The molecule has 0 radical (unpaired) electrons. The van der Waals surface area contributed by atoms with E-state index in [9.17, 15) is 0 Å². The van der Waals surface area contributed by atoms with E-state index in [-0.39, 0.29) is 6.04 Å². The second-order valence-electron chi connectivity index (χ2n) is 5.15. The Morgan fingerprint density at radius 3 is 2.50 bits per heavy atom. The Labute approximate surface area is 129 Å². The summed E-state index contributed by atoms with van der Waals surface area (Å²) in [6.45, 7) is 3.00. The van der Waals surface area contributed by atoms with Crippen LogP contribution < -0.4 is 10.6 Å². The summed E-state index contributed by atoms with van der Waals surface area (Å²) in [7, 11) is 2.12. The van der Waals surface area contributed by atoms with Gasteiger partial charge < -0.3 is 10.6 Å². The molecule has 0 aliphatic carbocycles. The van der Waals surface area contributed by atoms with Crippen LogP contribution in [0.4, 0.5) is 5.69 Å². The van der Waals surface area contributed by atoms with Gasteiger partial charge in [-0.15, -0.1) is 0 Å². The second kappa shape index (κ2) is 6.91. The zero-order valence-electron chi connectivity index (χ0n) is 12.0. The van der Waals surface area contributed by atoms with Crippen molar-refractivity contribution in [1.82, 2.24) is 0 Å². The molecule has 0 bridgehead atoms. The van der Waals surface area contributed by atoms with Crippen LogP contribution in [0, 0.1) is 0 Å². The third-order valence-corrected chi connectivity index (χ3v) is 3.97. The van der Waals surface area contributed by atoms with Crippen LogP contribution in [0.1, 0.15) is 24.1 Å². The number of hydrogen-bond acceptors (Lipinski definition) is 2. The highest BCUT2D eigenvalue weighted by atomic mass is 79.9. The quantitative estimate of drug-likeness (QED) is 0.891. The number of nitrogens with zero attached hydrogens (tertiary/aromatic N) is 1. The van der Waals surface area contributed by atoms with E-state index >= 15 is 0 Å². The second-order valence-corrected chi connectivity index (χ2v) is 6.06. The maximum Gasteiger partial charge on any atom is 0.0423 e. The van der Waals surface area contributed by atoms with E-state index < -0.39 is 0 Å². The number of halogens is 1. The minimum Gasteiger partial charge on any atom is -0.374 e. The molecule has 0 saturated carbocycles. The Bertz CT molecular complexity index is 552. The van der Waals surface area contributed by atoms with E-state index in [0.717, 1.165) is 17.4 Å². The molecule has 2 rings (SSSR count). The van der Waals surface area contributed by atoms with E-state index in [2.05, 4.69) is 70.3 Å². The highest BCUT2D eigenvalue weighted by Gasteiger charge is 2.11. The molecule has 0 aliphatic heterocycles. The topological polar surface area (TPSA) is 29.3 Å². The number of likely N-dealkylation sites (N-methyl/N-ethyl adjacent to an activating group) is 1. The first-order valence-electron chi connectivity index (χ1n) is 6.88. The van der Waals surface area contributed by atoms with Gasteiger partial charge in [0.25, 0.3) is 0 Å². The maximum absolute atomic E-state index is 6.07. The minimum atomic E-state index is 0.0391. The van der Waals surface area contributed by atoms with Gasteiger partial charge in [-0.2, -0.15) is 0 Å². The largest absolute Gasteiger partial charge is 0.374 e. The van der Waals surface area contributed by atoms with Crippen molar-refractivity contribution < 1.29 is 0 Å². The Hall–Kier alpha value is -1.32. The van der Waals surface area contributed by atoms with Gasteiger partial charge in [0, 0.05) is 29.8 Å². The van der Waals surface area contributed by atoms with Gasteiger partial charge in [0.1, 0.15) is 0 Å². The highest BCUT2D eigenvalue weighted by molar-refractivity contribution is 9.10. The predicted molar refractivity (Wildman–Crippen MR) is 90.2 cm³/mol. The summed E-state index contributed by atoms with van der Waals surface area (Å²) < 4.78 is 1.09. The van der Waals surface area contributed by atoms with E-state index in [1.807, 2.05) is 13.0 Å². The fourth-order valence-electron chi connectivity index (χ4n) is 2.29. The van der Waals surface area contributed by atoms with Crippen molar-refractivity contribution in [2.75, 3.05) is 18.5 Å². The van der Waals surface area contributed by atoms with Crippen molar-refractivity contribution in [3.8, 4) is 0 Å². The Morgan fingerprint density at radius 2 is 1.85 bits per heavy atom. The van der Waals surface area contributed by atoms with Gasteiger partial charge in [-0.3, -0.25) is 0 Å². The molecule has 0 heterocycles. The lowest BCUT2D eigenvalue weighted by Gasteiger charge is -2.24. The lowest BCUT2D eigenvalue weighted by atomic mass is 10.1. The molecule has 106 valence electrons. The number of benzene rings is 2. The van der Waals surface area contributed by atoms with Crippen LogP contribution in [0.3, 0.4) is 0 Å². The fraction of sp³-hybridized carbons (Fsp3) is 0.294. The van der Waals surface area contributed by atoms with Gasteiger partial charge in [0.15, 0.2) is 0 Å². The molecule has 1 unspecified atom stereocenters. The molecule has 2 aromatic carbocycles. The Kier molecular flexibility index (Phi) is 5.21. The Balaban J connectivity index is 2.12. The standard InChI is InChI=1S/C17H21BrN2/c1-13(19)16-9-8-15(18)12-17(16)20(2)11-10-14-6-4-3-5-7-14/h3-9,12-13H,10-11,19H2,1-2H3. The third-order valence-electron chi connectivity index (χ3n) is 3.47. The zero-order valence-corrected chi connectivity index (χ0v) is 13.6. The molecule has 0 aromatic heterocycles. The molecule has 1 atom stereocenters. The van der Waals surface area contributed by atoms with Crippen LogP contribution >= 0.6 is 15.9 Å². The highest BCUT2D eigenvalue weighted by Crippen LogP contribution is 2.28. The van der Waals surface area contributed by atoms with E-state index in [0.29, 0.717) is 0 Å². The molecule has 3 heteroatoms. The average molecular weight is 333 g/mol. The van der Waals surface area contributed by atoms with Crippen molar-refractivity contribution in [3.05, 3.63) is 64.1 Å². The summed E-state index contributed by atoms with van der Waals surface area (Å²) in [6.07, 6.45) is 1.03. The third kappa shape index (κ3) is 3.84. The Morgan fingerprint density at radius 1 is 1.15 bits per heavy atom. The molecular weight excluding hydrogens is 312 g/mol. The number of anilines is 1. The zero-order chi connectivity index (χ0) is 14.5. The number of nitrogens with two attached hydrogens (primary N) is 1. The summed E-state index contributed by atoms with van der Waals surface area (Å²) in [6, 6.07) is 16.9. The molecule has 0 spiro atoms. The number of rotatable bonds is 5. The van der Waals surface area contributed by atoms with Gasteiger partial charge in [0.2, 0.25) is 0 Å². The summed E-state index contributed by atoms with van der Waals surface area (Å²) in [5.41, 5.74) is 9.81. The van der Waals surface area contributed by atoms with E-state index in [1.54, 1.807) is 0 Å². The minimum absolute atomic E-state index is 0.0391. The first kappa shape index (κ1) is 15.1. The van der Waals surface area contributed by atoms with E-state index in [4.69, 9.17) is 5.73 Å². The van der Waals surface area contributed by atoms with Gasteiger partial charge in [-0.1, -0.05) is 52.3 Å². The van der Waals surface area contributed by atoms with Crippen LogP contribution in [0.5, 0.6) is 0 Å². The molecule has 2 N–H and O–H groups in total. The smallest absolute Gasteiger partial charge is 0.0423 e. The summed E-state index contributed by atoms with van der Waals surface area (Å²) in [5.74, 6) is 0. The summed E-state index contributed by atoms with van der Waals surface area (Å²) in [4.78, 5) is 2.27. The van der Waals surface area contributed by atoms with Gasteiger partial charge in [0.05, 0.1) is 0 Å². The van der Waals surface area contributed by atoms with Crippen molar-refractivity contribution in [2.45, 2.75) is 19.4 Å². The maximum atomic E-state index is 6.07. The molecular formula is C17H21BrN2. The van der Waals surface area contributed by atoms with E-state index in [1.165, 1.54) is 16.8 Å². The van der Waals surface area contributed by atoms with Crippen LogP contribution in [0.15, 0.2) is 53.0 Å². The molecule has 2 aromatic rings. The molecule has 0 saturated heterocycles. The van der Waals surface area contributed by atoms with Crippen LogP contribution in [-0.4, -0.2) is 13.6 Å². The first-order valence-corrected chi connectivity index (χ1v) is 7.67.